The summed E-state index contributed by atoms with van der Waals surface area (Å²) in [7, 11) is 0. The molecule has 2 fully saturated rings. The van der Waals surface area contributed by atoms with Gasteiger partial charge < -0.3 is 19.2 Å². The van der Waals surface area contributed by atoms with Crippen LogP contribution in [0.25, 0.3) is 11.0 Å². The molecule has 1 saturated heterocycles. The summed E-state index contributed by atoms with van der Waals surface area (Å²) < 4.78 is 18.5. The summed E-state index contributed by atoms with van der Waals surface area (Å²) in [6.45, 7) is 4.61. The Labute approximate surface area is 191 Å². The molecule has 2 atom stereocenters. The van der Waals surface area contributed by atoms with E-state index in [9.17, 15) is 4.79 Å². The van der Waals surface area contributed by atoms with E-state index in [-0.39, 0.29) is 30.0 Å². The van der Waals surface area contributed by atoms with Crippen molar-refractivity contribution in [2.24, 2.45) is 0 Å². The summed E-state index contributed by atoms with van der Waals surface area (Å²) in [5.74, 6) is 1.95. The zero-order chi connectivity index (χ0) is 20.8. The number of fused-ring (bicyclic) bond motifs is 1. The predicted octanol–water partition coefficient (Wildman–Crippen LogP) is 5.58. The molecule has 2 aliphatic rings. The van der Waals surface area contributed by atoms with Gasteiger partial charge in [-0.25, -0.2) is 0 Å². The number of rotatable bonds is 8. The highest BCUT2D eigenvalue weighted by atomic mass is 35.5. The van der Waals surface area contributed by atoms with Gasteiger partial charge >= 0.3 is 0 Å². The zero-order valence-corrected chi connectivity index (χ0v) is 19.4. The second kappa shape index (κ2) is 11.9. The van der Waals surface area contributed by atoms with Crippen LogP contribution in [-0.2, 0) is 4.74 Å². The number of nitrogens with one attached hydrogen (secondary N) is 1. The molecule has 0 spiro atoms. The van der Waals surface area contributed by atoms with Crippen molar-refractivity contribution in [1.82, 2.24) is 5.32 Å². The molecule has 0 bridgehead atoms. The summed E-state index contributed by atoms with van der Waals surface area (Å²) in [6.07, 6.45) is 10.4. The molecule has 4 rings (SSSR count). The lowest BCUT2D eigenvalue weighted by atomic mass is 9.87. The number of unbranched alkanes of at least 4 members (excludes halogenated alkanes) is 2. The molecule has 2 heterocycles. The molecular formula is C25H36ClNO4. The number of benzene rings is 1. The summed E-state index contributed by atoms with van der Waals surface area (Å²) in [5, 5.41) is 4.00. The number of ether oxygens (including phenoxy) is 2. The van der Waals surface area contributed by atoms with E-state index >= 15 is 0 Å². The van der Waals surface area contributed by atoms with Crippen molar-refractivity contribution in [2.45, 2.75) is 82.8 Å². The van der Waals surface area contributed by atoms with Crippen LogP contribution in [0.1, 0.15) is 76.4 Å². The van der Waals surface area contributed by atoms with Gasteiger partial charge in [-0.1, -0.05) is 39.0 Å². The Bertz CT molecular complexity index is 871. The van der Waals surface area contributed by atoms with Crippen molar-refractivity contribution in [1.29, 1.82) is 0 Å². The molecule has 1 aromatic carbocycles. The van der Waals surface area contributed by atoms with Crippen molar-refractivity contribution in [3.63, 3.8) is 0 Å². The first-order valence-electron chi connectivity index (χ1n) is 11.8. The first-order valence-corrected chi connectivity index (χ1v) is 11.8. The van der Waals surface area contributed by atoms with Crippen LogP contribution >= 0.6 is 12.4 Å². The second-order valence-electron chi connectivity index (χ2n) is 8.77. The van der Waals surface area contributed by atoms with E-state index in [0.29, 0.717) is 23.5 Å². The second-order valence-corrected chi connectivity index (χ2v) is 8.77. The molecule has 2 aromatic rings. The van der Waals surface area contributed by atoms with Crippen molar-refractivity contribution in [2.75, 3.05) is 19.7 Å². The fourth-order valence-electron chi connectivity index (χ4n) is 4.73. The number of hydrogen-bond acceptors (Lipinski definition) is 5. The van der Waals surface area contributed by atoms with Gasteiger partial charge in [0.25, 0.3) is 0 Å². The van der Waals surface area contributed by atoms with Gasteiger partial charge in [0.15, 0.2) is 5.43 Å². The van der Waals surface area contributed by atoms with Crippen molar-refractivity contribution >= 4 is 23.4 Å². The van der Waals surface area contributed by atoms with Crippen molar-refractivity contribution < 1.29 is 13.9 Å². The maximum absolute atomic E-state index is 12.8. The van der Waals surface area contributed by atoms with Crippen LogP contribution in [0.3, 0.4) is 0 Å². The van der Waals surface area contributed by atoms with E-state index in [2.05, 4.69) is 12.2 Å². The SMILES string of the molecule is CCCCCC(Oc1ccc2oc(C3CCCCC3)cc(=O)c2c1)C1CNCCO1.Cl. The van der Waals surface area contributed by atoms with Crippen LogP contribution in [0.2, 0.25) is 0 Å². The van der Waals surface area contributed by atoms with Crippen molar-refractivity contribution in [3.05, 3.63) is 40.2 Å². The molecular weight excluding hydrogens is 414 g/mol. The molecule has 172 valence electrons. The van der Waals surface area contributed by atoms with Crippen molar-refractivity contribution in [3.8, 4) is 5.75 Å². The molecule has 5 nitrogen and oxygen atoms in total. The smallest absolute Gasteiger partial charge is 0.193 e. The highest BCUT2D eigenvalue weighted by Gasteiger charge is 2.26. The summed E-state index contributed by atoms with van der Waals surface area (Å²) in [6, 6.07) is 7.37. The molecule has 0 radical (unpaired) electrons. The molecule has 2 unspecified atom stereocenters. The normalized spacial score (nSPS) is 20.9. The van der Waals surface area contributed by atoms with E-state index in [4.69, 9.17) is 13.9 Å². The van der Waals surface area contributed by atoms with Gasteiger partial charge in [0.05, 0.1) is 12.0 Å². The minimum absolute atomic E-state index is 0. The fourth-order valence-corrected chi connectivity index (χ4v) is 4.73. The minimum atomic E-state index is -0.0182. The van der Waals surface area contributed by atoms with Gasteiger partial charge in [-0.3, -0.25) is 4.79 Å². The van der Waals surface area contributed by atoms with Crippen LogP contribution < -0.4 is 15.5 Å². The Kier molecular flexibility index (Phi) is 9.24. The number of morpholine rings is 1. The fraction of sp³-hybridized carbons (Fsp3) is 0.640. The van der Waals surface area contributed by atoms with Crippen LogP contribution in [0.15, 0.2) is 33.5 Å². The van der Waals surface area contributed by atoms with E-state index in [1.54, 1.807) is 6.07 Å². The maximum Gasteiger partial charge on any atom is 0.193 e. The molecule has 1 aromatic heterocycles. The Balaban J connectivity index is 0.00000272. The molecule has 6 heteroatoms. The van der Waals surface area contributed by atoms with E-state index < -0.39 is 0 Å². The summed E-state index contributed by atoms with van der Waals surface area (Å²) in [4.78, 5) is 12.8. The van der Waals surface area contributed by atoms with Gasteiger partial charge in [-0.05, 0) is 43.9 Å². The van der Waals surface area contributed by atoms with Gasteiger partial charge in [0, 0.05) is 25.1 Å². The lowest BCUT2D eigenvalue weighted by Gasteiger charge is -2.31. The van der Waals surface area contributed by atoms with Crippen LogP contribution in [0.5, 0.6) is 5.75 Å². The highest BCUT2D eigenvalue weighted by molar-refractivity contribution is 5.85. The molecule has 1 N–H and O–H groups in total. The molecule has 31 heavy (non-hydrogen) atoms. The summed E-state index contributed by atoms with van der Waals surface area (Å²) in [5.41, 5.74) is 0.689. The maximum atomic E-state index is 12.8. The van der Waals surface area contributed by atoms with Gasteiger partial charge in [0.2, 0.25) is 0 Å². The Hall–Kier alpha value is -1.56. The Morgan fingerprint density at radius 2 is 2.00 bits per heavy atom. The third-order valence-corrected chi connectivity index (χ3v) is 6.48. The average molecular weight is 450 g/mol. The molecule has 1 aliphatic heterocycles. The first-order chi connectivity index (χ1) is 14.7. The quantitative estimate of drug-likeness (QED) is 0.533. The van der Waals surface area contributed by atoms with E-state index in [1.165, 1.54) is 32.1 Å². The first kappa shape index (κ1) is 24.1. The highest BCUT2D eigenvalue weighted by Crippen LogP contribution is 2.33. The predicted molar refractivity (Wildman–Crippen MR) is 127 cm³/mol. The zero-order valence-electron chi connectivity index (χ0n) is 18.6. The molecule has 0 amide bonds. The topological polar surface area (TPSA) is 60.7 Å². The monoisotopic (exact) mass is 449 g/mol. The Morgan fingerprint density at radius 3 is 2.74 bits per heavy atom. The van der Waals surface area contributed by atoms with E-state index in [1.807, 2.05) is 18.2 Å². The minimum Gasteiger partial charge on any atom is -0.488 e. The lowest BCUT2D eigenvalue weighted by molar-refractivity contribution is -0.0450. The van der Waals surface area contributed by atoms with Gasteiger partial charge in [0.1, 0.15) is 29.3 Å². The molecule has 1 aliphatic carbocycles. The van der Waals surface area contributed by atoms with E-state index in [0.717, 1.165) is 50.3 Å². The number of halogens is 1. The van der Waals surface area contributed by atoms with Crippen LogP contribution in [0, 0.1) is 0 Å². The third kappa shape index (κ3) is 6.24. The largest absolute Gasteiger partial charge is 0.488 e. The average Bonchev–Trinajstić information content (AvgIpc) is 2.80. The van der Waals surface area contributed by atoms with Crippen LogP contribution in [0.4, 0.5) is 0 Å². The number of hydrogen-bond donors (Lipinski definition) is 1. The summed E-state index contributed by atoms with van der Waals surface area (Å²) >= 11 is 0. The molecule has 1 saturated carbocycles. The standard InChI is InChI=1S/C25H35NO4.ClH/c1-2-3-5-10-23(25-17-26-13-14-28-25)29-19-11-12-22-20(15-19)21(27)16-24(30-22)18-8-6-4-7-9-18;/h11-12,15-16,18,23,25-26H,2-10,13-14,17H2,1H3;1H. The van der Waals surface area contributed by atoms with Gasteiger partial charge in [-0.15, -0.1) is 12.4 Å². The third-order valence-electron chi connectivity index (χ3n) is 6.48. The van der Waals surface area contributed by atoms with Crippen LogP contribution in [-0.4, -0.2) is 31.9 Å². The Morgan fingerprint density at radius 1 is 1.16 bits per heavy atom. The lowest BCUT2D eigenvalue weighted by Crippen LogP contribution is -2.47. The van der Waals surface area contributed by atoms with Gasteiger partial charge in [-0.2, -0.15) is 0 Å².